The van der Waals surface area contributed by atoms with E-state index in [1.54, 1.807) is 0 Å². The Bertz CT molecular complexity index is 400. The fraction of sp³-hybridized carbons (Fsp3) is 0. The molecule has 0 aromatic heterocycles. The predicted molar refractivity (Wildman–Crippen MR) is 85.8 cm³/mol. The highest BCUT2D eigenvalue weighted by molar-refractivity contribution is 9.27. The molecular weight excluding hydrogens is 330 g/mol. The first-order chi connectivity index (χ1) is 6.55. The van der Waals surface area contributed by atoms with Crippen LogP contribution in [-0.4, -0.2) is 8.75 Å². The van der Waals surface area contributed by atoms with Crippen LogP contribution >= 0.6 is 45.6 Å². The first kappa shape index (κ1) is 14.6. The molecule has 0 atom stereocenters. The SMILES string of the molecule is NP(N)(=S)S1(P(N)(N)=S)C(S)=NN=C1S. The normalized spacial score (nSPS) is 23.3. The molecule has 0 aromatic carbocycles. The van der Waals surface area contributed by atoms with E-state index in [0.717, 1.165) is 0 Å². The molecule has 13 heteroatoms. The van der Waals surface area contributed by atoms with Crippen LogP contribution in [0.3, 0.4) is 0 Å². The smallest absolute Gasteiger partial charge is 0.151 e. The van der Waals surface area contributed by atoms with Crippen molar-refractivity contribution in [3.8, 4) is 0 Å². The molecule has 0 unspecified atom stereocenters. The average Bonchev–Trinajstić information content (AvgIpc) is 2.23. The second kappa shape index (κ2) is 4.33. The number of nitrogens with zero attached hydrogens (tertiary/aromatic N) is 2. The van der Waals surface area contributed by atoms with Gasteiger partial charge in [-0.1, -0.05) is 23.6 Å². The van der Waals surface area contributed by atoms with E-state index in [-0.39, 0.29) is 8.75 Å². The first-order valence-corrected chi connectivity index (χ1v) is 12.9. The lowest BCUT2D eigenvalue weighted by molar-refractivity contribution is 1.29. The Labute approximate surface area is 110 Å². The van der Waals surface area contributed by atoms with Gasteiger partial charge < -0.3 is 0 Å². The van der Waals surface area contributed by atoms with Gasteiger partial charge in [0.05, 0.1) is 0 Å². The van der Waals surface area contributed by atoms with Crippen molar-refractivity contribution >= 4 is 78.0 Å². The predicted octanol–water partition coefficient (Wildman–Crippen LogP) is 0.575. The van der Waals surface area contributed by atoms with E-state index >= 15 is 0 Å². The molecule has 0 saturated carbocycles. The van der Waals surface area contributed by atoms with Crippen molar-refractivity contribution in [1.82, 2.24) is 0 Å². The third-order valence-corrected chi connectivity index (χ3v) is 25.8. The maximum atomic E-state index is 5.83. The van der Waals surface area contributed by atoms with Crippen molar-refractivity contribution in [2.24, 2.45) is 32.2 Å². The van der Waals surface area contributed by atoms with Gasteiger partial charge in [-0.25, -0.2) is 0 Å². The molecule has 0 spiro atoms. The van der Waals surface area contributed by atoms with Crippen LogP contribution in [0.15, 0.2) is 10.2 Å². The molecule has 1 heterocycles. The molecule has 0 bridgehead atoms. The van der Waals surface area contributed by atoms with Crippen LogP contribution in [0.2, 0.25) is 0 Å². The Morgan fingerprint density at radius 2 is 1.20 bits per heavy atom. The van der Waals surface area contributed by atoms with Gasteiger partial charge >= 0.3 is 0 Å². The molecule has 15 heavy (non-hydrogen) atoms. The van der Waals surface area contributed by atoms with Gasteiger partial charge in [-0.3, -0.25) is 22.0 Å². The number of hydrogen-bond acceptors (Lipinski definition) is 4. The lowest BCUT2D eigenvalue weighted by Crippen LogP contribution is -2.25. The minimum atomic E-state index is -2.88. The first-order valence-electron chi connectivity index (χ1n) is 3.27. The van der Waals surface area contributed by atoms with Crippen molar-refractivity contribution in [3.05, 3.63) is 0 Å². The maximum Gasteiger partial charge on any atom is 0.151 e. The van der Waals surface area contributed by atoms with Crippen LogP contribution < -0.4 is 22.0 Å². The van der Waals surface area contributed by atoms with Gasteiger partial charge in [-0.05, 0) is 9.27 Å². The van der Waals surface area contributed by atoms with Crippen LogP contribution in [0.4, 0.5) is 0 Å². The van der Waals surface area contributed by atoms with E-state index in [9.17, 15) is 0 Å². The summed E-state index contributed by atoms with van der Waals surface area (Å²) in [5, 5.41) is 7.47. The van der Waals surface area contributed by atoms with Gasteiger partial charge in [0.2, 0.25) is 0 Å². The zero-order chi connectivity index (χ0) is 12.1. The molecule has 8 N–H and O–H groups in total. The topological polar surface area (TPSA) is 129 Å². The van der Waals surface area contributed by atoms with Crippen LogP contribution in [0.5, 0.6) is 0 Å². The summed E-state index contributed by atoms with van der Waals surface area (Å²) in [7, 11) is -2.36. The van der Waals surface area contributed by atoms with E-state index in [0.29, 0.717) is 0 Å². The Kier molecular flexibility index (Phi) is 4.21. The highest BCUT2D eigenvalue weighted by atomic mass is 33.3. The molecule has 6 nitrogen and oxygen atoms in total. The number of rotatable bonds is 2. The highest BCUT2D eigenvalue weighted by Gasteiger charge is 2.52. The lowest BCUT2D eigenvalue weighted by Gasteiger charge is -2.43. The molecule has 88 valence electrons. The van der Waals surface area contributed by atoms with Crippen LogP contribution in [0.25, 0.3) is 0 Å². The van der Waals surface area contributed by atoms with Gasteiger partial charge in [0.1, 0.15) is 11.1 Å². The van der Waals surface area contributed by atoms with Crippen molar-refractivity contribution in [2.75, 3.05) is 0 Å². The fourth-order valence-electron chi connectivity index (χ4n) is 0.991. The maximum absolute atomic E-state index is 5.83. The standard InChI is InChI=1S/C2H10N6P2S5/c3-9(4,13)15(10(5,6)14)1(11)7-8-2(15)12/h(H,7,11)(H,8,12)(H4,3,4,13)(H4,5,6,14). The number of nitrogens with two attached hydrogens (primary N) is 4. The zero-order valence-electron chi connectivity index (χ0n) is 7.22. The van der Waals surface area contributed by atoms with Crippen molar-refractivity contribution in [3.63, 3.8) is 0 Å². The summed E-state index contributed by atoms with van der Waals surface area (Å²) in [6.45, 7) is 0. The van der Waals surface area contributed by atoms with E-state index in [1.807, 2.05) is 0 Å². The Balaban J connectivity index is 3.62. The molecule has 0 fully saturated rings. The Hall–Kier alpha value is 1.53. The molecular formula is C2H10N6P2S5. The summed E-state index contributed by atoms with van der Waals surface area (Å²) >= 11 is 18.5. The molecule has 0 aromatic rings. The molecule has 0 aliphatic carbocycles. The summed E-state index contributed by atoms with van der Waals surface area (Å²) in [6.07, 6.45) is 0. The van der Waals surface area contributed by atoms with E-state index in [2.05, 4.69) is 35.5 Å². The lowest BCUT2D eigenvalue weighted by atomic mass is 11.6. The minimum absolute atomic E-state index is 0.245. The van der Waals surface area contributed by atoms with Crippen LogP contribution in [0, 0.1) is 0 Å². The molecule has 1 aliphatic rings. The van der Waals surface area contributed by atoms with Crippen molar-refractivity contribution in [2.45, 2.75) is 0 Å². The summed E-state index contributed by atoms with van der Waals surface area (Å²) < 4.78 is 0.489. The second-order valence-electron chi connectivity index (χ2n) is 2.60. The molecule has 0 radical (unpaired) electrons. The molecule has 0 saturated heterocycles. The summed E-state index contributed by atoms with van der Waals surface area (Å²) in [4.78, 5) is 0. The third-order valence-electron chi connectivity index (χ3n) is 1.56. The minimum Gasteiger partial charge on any atom is -0.284 e. The fourth-order valence-corrected chi connectivity index (χ4v) is 28.5. The van der Waals surface area contributed by atoms with Gasteiger partial charge in [0, 0.05) is 0 Å². The summed E-state index contributed by atoms with van der Waals surface area (Å²) in [6, 6.07) is 0. The monoisotopic (exact) mass is 340 g/mol. The van der Waals surface area contributed by atoms with Crippen LogP contribution in [-0.2, 0) is 23.6 Å². The van der Waals surface area contributed by atoms with Crippen LogP contribution in [0.1, 0.15) is 0 Å². The van der Waals surface area contributed by atoms with E-state index in [4.69, 9.17) is 45.6 Å². The zero-order valence-corrected chi connectivity index (χ0v) is 13.2. The van der Waals surface area contributed by atoms with E-state index < -0.39 is 20.3 Å². The molecule has 0 amide bonds. The van der Waals surface area contributed by atoms with Gasteiger partial charge in [0.25, 0.3) is 0 Å². The molecule has 1 aliphatic heterocycles. The van der Waals surface area contributed by atoms with Gasteiger partial charge in [-0.2, -0.15) is 0 Å². The largest absolute Gasteiger partial charge is 0.284 e. The third kappa shape index (κ3) is 2.13. The summed E-state index contributed by atoms with van der Waals surface area (Å²) in [5.74, 6) is 0. The Morgan fingerprint density at radius 1 is 0.933 bits per heavy atom. The average molecular weight is 340 g/mol. The second-order valence-corrected chi connectivity index (χ2v) is 21.3. The van der Waals surface area contributed by atoms with Crippen molar-refractivity contribution < 1.29 is 0 Å². The molecule has 1 rings (SSSR count). The van der Waals surface area contributed by atoms with E-state index in [1.165, 1.54) is 0 Å². The number of hydrogen-bond donors (Lipinski definition) is 6. The quantitative estimate of drug-likeness (QED) is 0.322. The Morgan fingerprint density at radius 3 is 1.33 bits per heavy atom. The number of thiol groups is 2. The highest BCUT2D eigenvalue weighted by Crippen LogP contribution is 2.92. The van der Waals surface area contributed by atoms with Gasteiger partial charge in [0.15, 0.2) is 8.75 Å². The van der Waals surface area contributed by atoms with Gasteiger partial charge in [-0.15, -0.1) is 35.5 Å². The summed E-state index contributed by atoms with van der Waals surface area (Å²) in [5.41, 5.74) is 17.5. The van der Waals surface area contributed by atoms with Crippen molar-refractivity contribution in [1.29, 1.82) is 0 Å².